The molecule has 0 fully saturated rings. The summed E-state index contributed by atoms with van der Waals surface area (Å²) in [5.74, 6) is 2.92. The van der Waals surface area contributed by atoms with E-state index in [1.807, 2.05) is 36.0 Å². The van der Waals surface area contributed by atoms with Gasteiger partial charge in [-0.05, 0) is 30.0 Å². The second kappa shape index (κ2) is 5.77. The highest BCUT2D eigenvalue weighted by Crippen LogP contribution is 2.28. The number of rotatable bonds is 5. The summed E-state index contributed by atoms with van der Waals surface area (Å²) in [5.41, 5.74) is 7.48. The zero-order chi connectivity index (χ0) is 12.1. The molecule has 2 N–H and O–H groups in total. The third kappa shape index (κ3) is 2.82. The lowest BCUT2D eigenvalue weighted by atomic mass is 10.2. The van der Waals surface area contributed by atoms with Gasteiger partial charge in [0.1, 0.15) is 11.3 Å². The van der Waals surface area contributed by atoms with Crippen LogP contribution in [0.1, 0.15) is 6.92 Å². The van der Waals surface area contributed by atoms with Crippen molar-refractivity contribution in [2.75, 3.05) is 23.8 Å². The summed E-state index contributed by atoms with van der Waals surface area (Å²) in [6.45, 7) is 2.85. The fraction of sp³-hybridized carbons (Fsp3) is 0.308. The molecule has 1 aromatic heterocycles. The molecule has 0 spiro atoms. The number of nitrogens with two attached hydrogens (primary N) is 1. The number of thioether (sulfide) groups is 1. The highest BCUT2D eigenvalue weighted by atomic mass is 32.2. The Kier molecular flexibility index (Phi) is 4.09. The lowest BCUT2D eigenvalue weighted by Gasteiger charge is -2.09. The molecule has 0 unspecified atom stereocenters. The predicted molar refractivity (Wildman–Crippen MR) is 74.6 cm³/mol. The molecule has 3 nitrogen and oxygen atoms in total. The molecule has 4 heteroatoms. The second-order valence-corrected chi connectivity index (χ2v) is 4.99. The molecule has 0 atom stereocenters. The summed E-state index contributed by atoms with van der Waals surface area (Å²) in [7, 11) is 0. The first-order chi connectivity index (χ1) is 8.33. The summed E-state index contributed by atoms with van der Waals surface area (Å²) < 4.78 is 5.74. The van der Waals surface area contributed by atoms with Gasteiger partial charge < -0.3 is 10.5 Å². The van der Waals surface area contributed by atoms with E-state index in [2.05, 4.69) is 11.9 Å². The largest absolute Gasteiger partial charge is 0.490 e. The maximum Gasteiger partial charge on any atom is 0.145 e. The predicted octanol–water partition coefficient (Wildman–Crippen LogP) is 2.95. The van der Waals surface area contributed by atoms with Crippen molar-refractivity contribution in [3.8, 4) is 5.75 Å². The molecule has 0 aliphatic heterocycles. The van der Waals surface area contributed by atoms with Gasteiger partial charge in [0.25, 0.3) is 0 Å². The van der Waals surface area contributed by atoms with E-state index in [1.165, 1.54) is 0 Å². The van der Waals surface area contributed by atoms with E-state index in [-0.39, 0.29) is 0 Å². The third-order valence-electron chi connectivity index (χ3n) is 2.46. The number of anilines is 1. The molecule has 0 radical (unpaired) electrons. The normalized spacial score (nSPS) is 10.6. The zero-order valence-corrected chi connectivity index (χ0v) is 10.7. The fourth-order valence-corrected chi connectivity index (χ4v) is 2.13. The molecule has 90 valence electrons. The number of fused-ring (bicyclic) bond motifs is 1. The number of ether oxygens (including phenoxy) is 1. The Balaban J connectivity index is 2.20. The smallest absolute Gasteiger partial charge is 0.145 e. The molecule has 0 amide bonds. The molecular formula is C13H16N2OS. The standard InChI is InChI=1S/C13H16N2OS/c1-2-17-9-8-16-12-6-5-11(14)10-4-3-7-15-13(10)12/h3-7H,2,8-9,14H2,1H3. The van der Waals surface area contributed by atoms with Gasteiger partial charge in [0, 0.05) is 23.0 Å². The van der Waals surface area contributed by atoms with Crippen LogP contribution in [0.15, 0.2) is 30.5 Å². The van der Waals surface area contributed by atoms with Crippen molar-refractivity contribution >= 4 is 28.4 Å². The lowest BCUT2D eigenvalue weighted by molar-refractivity contribution is 0.347. The van der Waals surface area contributed by atoms with Crippen LogP contribution in [0.5, 0.6) is 5.75 Å². The van der Waals surface area contributed by atoms with Gasteiger partial charge in [-0.15, -0.1) is 0 Å². The van der Waals surface area contributed by atoms with E-state index in [1.54, 1.807) is 6.20 Å². The van der Waals surface area contributed by atoms with Crippen LogP contribution in [-0.4, -0.2) is 23.1 Å². The summed E-state index contributed by atoms with van der Waals surface area (Å²) in [5, 5.41) is 0.952. The Bertz CT molecular complexity index is 502. The Morgan fingerprint density at radius 1 is 1.35 bits per heavy atom. The van der Waals surface area contributed by atoms with Crippen molar-refractivity contribution in [2.45, 2.75) is 6.92 Å². The molecule has 2 aromatic rings. The first-order valence-electron chi connectivity index (χ1n) is 5.66. The Hall–Kier alpha value is -1.42. The van der Waals surface area contributed by atoms with Crippen LogP contribution >= 0.6 is 11.8 Å². The number of aromatic nitrogens is 1. The van der Waals surface area contributed by atoms with Crippen LogP contribution in [0.25, 0.3) is 10.9 Å². The van der Waals surface area contributed by atoms with E-state index in [0.717, 1.165) is 33.8 Å². The molecule has 0 saturated carbocycles. The van der Waals surface area contributed by atoms with E-state index in [9.17, 15) is 0 Å². The first kappa shape index (κ1) is 12.0. The Morgan fingerprint density at radius 2 is 2.24 bits per heavy atom. The minimum Gasteiger partial charge on any atom is -0.490 e. The number of nitrogens with zero attached hydrogens (tertiary/aromatic N) is 1. The summed E-state index contributed by atoms with van der Waals surface area (Å²) in [6.07, 6.45) is 1.76. The second-order valence-electron chi connectivity index (χ2n) is 3.60. The Morgan fingerprint density at radius 3 is 3.06 bits per heavy atom. The number of hydrogen-bond acceptors (Lipinski definition) is 4. The highest BCUT2D eigenvalue weighted by Gasteiger charge is 2.05. The van der Waals surface area contributed by atoms with Crippen molar-refractivity contribution in [3.05, 3.63) is 30.5 Å². The highest BCUT2D eigenvalue weighted by molar-refractivity contribution is 7.99. The fourth-order valence-electron chi connectivity index (χ4n) is 1.64. The van der Waals surface area contributed by atoms with Crippen molar-refractivity contribution in [2.24, 2.45) is 0 Å². The molecule has 1 aromatic carbocycles. The number of nitrogen functional groups attached to an aromatic ring is 1. The summed E-state index contributed by atoms with van der Waals surface area (Å²) >= 11 is 1.87. The average molecular weight is 248 g/mol. The number of benzene rings is 1. The van der Waals surface area contributed by atoms with Gasteiger partial charge in [-0.25, -0.2) is 0 Å². The van der Waals surface area contributed by atoms with Crippen molar-refractivity contribution in [3.63, 3.8) is 0 Å². The minimum atomic E-state index is 0.702. The third-order valence-corrected chi connectivity index (χ3v) is 3.32. The first-order valence-corrected chi connectivity index (χ1v) is 6.82. The molecule has 0 bridgehead atoms. The van der Waals surface area contributed by atoms with Gasteiger partial charge in [0.15, 0.2) is 0 Å². The number of pyridine rings is 1. The topological polar surface area (TPSA) is 48.1 Å². The quantitative estimate of drug-likeness (QED) is 0.653. The molecule has 0 aliphatic rings. The van der Waals surface area contributed by atoms with Gasteiger partial charge >= 0.3 is 0 Å². The maximum atomic E-state index is 5.90. The van der Waals surface area contributed by atoms with Crippen molar-refractivity contribution < 1.29 is 4.74 Å². The van der Waals surface area contributed by atoms with E-state index in [4.69, 9.17) is 10.5 Å². The monoisotopic (exact) mass is 248 g/mol. The average Bonchev–Trinajstić information content (AvgIpc) is 2.37. The van der Waals surface area contributed by atoms with Crippen LogP contribution in [0.3, 0.4) is 0 Å². The molecule has 0 saturated heterocycles. The van der Waals surface area contributed by atoms with Gasteiger partial charge in [0.05, 0.1) is 6.61 Å². The van der Waals surface area contributed by atoms with Crippen LogP contribution in [-0.2, 0) is 0 Å². The van der Waals surface area contributed by atoms with E-state index >= 15 is 0 Å². The van der Waals surface area contributed by atoms with Crippen LogP contribution in [0.4, 0.5) is 5.69 Å². The molecule has 17 heavy (non-hydrogen) atoms. The molecule has 0 aliphatic carbocycles. The molecule has 2 rings (SSSR count). The maximum absolute atomic E-state index is 5.90. The van der Waals surface area contributed by atoms with Crippen LogP contribution < -0.4 is 10.5 Å². The number of hydrogen-bond donors (Lipinski definition) is 1. The van der Waals surface area contributed by atoms with Crippen LogP contribution in [0.2, 0.25) is 0 Å². The zero-order valence-electron chi connectivity index (χ0n) is 9.85. The SMILES string of the molecule is CCSCCOc1ccc(N)c2cccnc12. The molecular weight excluding hydrogens is 232 g/mol. The van der Waals surface area contributed by atoms with E-state index < -0.39 is 0 Å². The summed E-state index contributed by atoms with van der Waals surface area (Å²) in [4.78, 5) is 4.33. The van der Waals surface area contributed by atoms with Crippen molar-refractivity contribution in [1.29, 1.82) is 0 Å². The van der Waals surface area contributed by atoms with Crippen LogP contribution in [0, 0.1) is 0 Å². The van der Waals surface area contributed by atoms with Gasteiger partial charge in [-0.1, -0.05) is 6.92 Å². The summed E-state index contributed by atoms with van der Waals surface area (Å²) in [6, 6.07) is 7.61. The van der Waals surface area contributed by atoms with Gasteiger partial charge in [0.2, 0.25) is 0 Å². The van der Waals surface area contributed by atoms with Gasteiger partial charge in [-0.3, -0.25) is 4.98 Å². The molecule has 1 heterocycles. The van der Waals surface area contributed by atoms with E-state index in [0.29, 0.717) is 6.61 Å². The minimum absolute atomic E-state index is 0.702. The lowest BCUT2D eigenvalue weighted by Crippen LogP contribution is -2.02. The Labute approximate surface area is 105 Å². The van der Waals surface area contributed by atoms with Crippen molar-refractivity contribution in [1.82, 2.24) is 4.98 Å². The van der Waals surface area contributed by atoms with Gasteiger partial charge in [-0.2, -0.15) is 11.8 Å².